The van der Waals surface area contributed by atoms with Crippen molar-refractivity contribution in [2.45, 2.75) is 24.6 Å². The summed E-state index contributed by atoms with van der Waals surface area (Å²) in [6, 6.07) is 7.51. The lowest BCUT2D eigenvalue weighted by Gasteiger charge is -2.37. The number of halogens is 3. The van der Waals surface area contributed by atoms with E-state index in [1.54, 1.807) is 11.0 Å². The Balaban J connectivity index is 2.24. The third kappa shape index (κ3) is 2.82. The maximum atomic E-state index is 12.9. The first-order chi connectivity index (χ1) is 8.86. The molecule has 1 aromatic carbocycles. The van der Waals surface area contributed by atoms with Gasteiger partial charge in [-0.3, -0.25) is 0 Å². The van der Waals surface area contributed by atoms with Crippen LogP contribution >= 0.6 is 0 Å². The van der Waals surface area contributed by atoms with Gasteiger partial charge in [0.15, 0.2) is 0 Å². The molecule has 0 aliphatic carbocycles. The van der Waals surface area contributed by atoms with Gasteiger partial charge in [-0.05, 0) is 25.0 Å². The van der Waals surface area contributed by atoms with Crippen molar-refractivity contribution >= 4 is 5.69 Å². The third-order valence-electron chi connectivity index (χ3n) is 3.43. The smallest absolute Gasteiger partial charge is 0.371 e. The van der Waals surface area contributed by atoms with E-state index in [4.69, 9.17) is 11.0 Å². The minimum absolute atomic E-state index is 0.162. The first kappa shape index (κ1) is 13.7. The van der Waals surface area contributed by atoms with E-state index >= 15 is 0 Å². The molecule has 0 bridgehead atoms. The van der Waals surface area contributed by atoms with Crippen molar-refractivity contribution < 1.29 is 13.2 Å². The highest BCUT2D eigenvalue weighted by Gasteiger charge is 2.37. The summed E-state index contributed by atoms with van der Waals surface area (Å²) in [5.74, 6) is 0. The van der Waals surface area contributed by atoms with Crippen LogP contribution in [0, 0.1) is 11.3 Å². The average molecular weight is 269 g/mol. The van der Waals surface area contributed by atoms with Gasteiger partial charge in [0.1, 0.15) is 5.54 Å². The Morgan fingerprint density at radius 2 is 1.79 bits per heavy atom. The van der Waals surface area contributed by atoms with Crippen LogP contribution < -0.4 is 10.6 Å². The zero-order valence-corrected chi connectivity index (χ0v) is 10.2. The number of para-hydroxylation sites is 1. The standard InChI is InChI=1S/C13H14F3N3/c14-13(15,16)10-3-1-2-4-11(10)19-7-5-12(18,9-17)6-8-19/h1-4H,5-8,18H2. The van der Waals surface area contributed by atoms with E-state index < -0.39 is 17.3 Å². The van der Waals surface area contributed by atoms with Crippen molar-refractivity contribution in [2.75, 3.05) is 18.0 Å². The second kappa shape index (κ2) is 4.74. The Morgan fingerprint density at radius 1 is 1.21 bits per heavy atom. The summed E-state index contributed by atoms with van der Waals surface area (Å²) >= 11 is 0. The molecule has 0 atom stereocenters. The summed E-state index contributed by atoms with van der Waals surface area (Å²) < 4.78 is 38.8. The molecule has 0 radical (unpaired) electrons. The molecule has 2 N–H and O–H groups in total. The van der Waals surface area contributed by atoms with Gasteiger partial charge in [0, 0.05) is 18.8 Å². The van der Waals surface area contributed by atoms with Gasteiger partial charge in [0.05, 0.1) is 11.6 Å². The van der Waals surface area contributed by atoms with Gasteiger partial charge in [-0.1, -0.05) is 12.1 Å². The molecule has 19 heavy (non-hydrogen) atoms. The number of hydrogen-bond donors (Lipinski definition) is 1. The van der Waals surface area contributed by atoms with E-state index in [2.05, 4.69) is 0 Å². The number of nitrogens with two attached hydrogens (primary N) is 1. The van der Waals surface area contributed by atoms with E-state index in [0.29, 0.717) is 25.9 Å². The van der Waals surface area contributed by atoms with Gasteiger partial charge in [0.2, 0.25) is 0 Å². The summed E-state index contributed by atoms with van der Waals surface area (Å²) in [7, 11) is 0. The van der Waals surface area contributed by atoms with Crippen LogP contribution in [0.15, 0.2) is 24.3 Å². The molecule has 1 aliphatic rings. The van der Waals surface area contributed by atoms with Crippen LogP contribution in [-0.2, 0) is 6.18 Å². The van der Waals surface area contributed by atoms with Gasteiger partial charge in [-0.15, -0.1) is 0 Å². The molecule has 1 aliphatic heterocycles. The molecule has 0 amide bonds. The molecular weight excluding hydrogens is 255 g/mol. The first-order valence-electron chi connectivity index (χ1n) is 5.97. The van der Waals surface area contributed by atoms with E-state index in [1.807, 2.05) is 6.07 Å². The summed E-state index contributed by atoms with van der Waals surface area (Å²) in [5, 5.41) is 8.92. The van der Waals surface area contributed by atoms with Crippen LogP contribution in [0.2, 0.25) is 0 Å². The maximum absolute atomic E-state index is 12.9. The normalized spacial score (nSPS) is 19.0. The number of benzene rings is 1. The van der Waals surface area contributed by atoms with Gasteiger partial charge >= 0.3 is 6.18 Å². The second-order valence-corrected chi connectivity index (χ2v) is 4.77. The molecule has 2 rings (SSSR count). The minimum atomic E-state index is -4.37. The summed E-state index contributed by atoms with van der Waals surface area (Å²) in [5.41, 5.74) is 4.42. The highest BCUT2D eigenvalue weighted by molar-refractivity contribution is 5.55. The predicted octanol–water partition coefficient (Wildman–Crippen LogP) is 2.53. The number of anilines is 1. The molecular formula is C13H14F3N3. The minimum Gasteiger partial charge on any atom is -0.371 e. The molecule has 0 spiro atoms. The quantitative estimate of drug-likeness (QED) is 0.852. The number of rotatable bonds is 1. The monoisotopic (exact) mass is 269 g/mol. The SMILES string of the molecule is N#CC1(N)CCN(c2ccccc2C(F)(F)F)CC1. The fourth-order valence-electron chi connectivity index (χ4n) is 2.25. The van der Waals surface area contributed by atoms with Crippen LogP contribution in [0.3, 0.4) is 0 Å². The van der Waals surface area contributed by atoms with Crippen LogP contribution in [0.25, 0.3) is 0 Å². The Hall–Kier alpha value is -1.74. The molecule has 102 valence electrons. The number of alkyl halides is 3. The van der Waals surface area contributed by atoms with Gasteiger partial charge < -0.3 is 10.6 Å². The van der Waals surface area contributed by atoms with Crippen molar-refractivity contribution in [1.29, 1.82) is 5.26 Å². The van der Waals surface area contributed by atoms with Crippen molar-refractivity contribution in [3.8, 4) is 6.07 Å². The van der Waals surface area contributed by atoms with Gasteiger partial charge in [0.25, 0.3) is 0 Å². The summed E-state index contributed by atoms with van der Waals surface area (Å²) in [4.78, 5) is 1.64. The number of nitriles is 1. The number of nitrogens with zero attached hydrogens (tertiary/aromatic N) is 2. The summed E-state index contributed by atoms with van der Waals surface area (Å²) in [6.45, 7) is 0.717. The highest BCUT2D eigenvalue weighted by Crippen LogP contribution is 2.37. The van der Waals surface area contributed by atoms with Crippen molar-refractivity contribution in [1.82, 2.24) is 0 Å². The maximum Gasteiger partial charge on any atom is 0.418 e. The fourth-order valence-corrected chi connectivity index (χ4v) is 2.25. The van der Waals surface area contributed by atoms with E-state index in [9.17, 15) is 13.2 Å². The third-order valence-corrected chi connectivity index (χ3v) is 3.43. The lowest BCUT2D eigenvalue weighted by atomic mass is 9.90. The Kier molecular flexibility index (Phi) is 3.42. The number of piperidine rings is 1. The van der Waals surface area contributed by atoms with Crippen molar-refractivity contribution in [3.63, 3.8) is 0 Å². The lowest BCUT2D eigenvalue weighted by molar-refractivity contribution is -0.137. The zero-order chi connectivity index (χ0) is 14.1. The van der Waals surface area contributed by atoms with E-state index in [1.165, 1.54) is 12.1 Å². The van der Waals surface area contributed by atoms with Crippen LogP contribution in [-0.4, -0.2) is 18.6 Å². The van der Waals surface area contributed by atoms with Crippen LogP contribution in [0.5, 0.6) is 0 Å². The lowest BCUT2D eigenvalue weighted by Crippen LogP contribution is -2.49. The Morgan fingerprint density at radius 3 is 2.32 bits per heavy atom. The molecule has 1 heterocycles. The molecule has 1 aromatic rings. The van der Waals surface area contributed by atoms with Gasteiger partial charge in [-0.2, -0.15) is 18.4 Å². The molecule has 1 saturated heterocycles. The summed E-state index contributed by atoms with van der Waals surface area (Å²) in [6.07, 6.45) is -3.63. The van der Waals surface area contributed by atoms with Crippen LogP contribution in [0.4, 0.5) is 18.9 Å². The van der Waals surface area contributed by atoms with Gasteiger partial charge in [-0.25, -0.2) is 0 Å². The number of hydrogen-bond acceptors (Lipinski definition) is 3. The zero-order valence-electron chi connectivity index (χ0n) is 10.2. The predicted molar refractivity (Wildman–Crippen MR) is 65.4 cm³/mol. The van der Waals surface area contributed by atoms with E-state index in [-0.39, 0.29) is 5.69 Å². The molecule has 0 unspecified atom stereocenters. The first-order valence-corrected chi connectivity index (χ1v) is 5.97. The average Bonchev–Trinajstić information content (AvgIpc) is 2.39. The molecule has 6 heteroatoms. The van der Waals surface area contributed by atoms with Crippen molar-refractivity contribution in [3.05, 3.63) is 29.8 Å². The largest absolute Gasteiger partial charge is 0.418 e. The van der Waals surface area contributed by atoms with Crippen LogP contribution in [0.1, 0.15) is 18.4 Å². The Bertz CT molecular complexity index is 497. The molecule has 1 fully saturated rings. The molecule has 0 saturated carbocycles. The molecule has 0 aromatic heterocycles. The topological polar surface area (TPSA) is 53.1 Å². The fraction of sp³-hybridized carbons (Fsp3) is 0.462. The highest BCUT2D eigenvalue weighted by atomic mass is 19.4. The molecule has 3 nitrogen and oxygen atoms in total. The van der Waals surface area contributed by atoms with Crippen molar-refractivity contribution in [2.24, 2.45) is 5.73 Å². The van der Waals surface area contributed by atoms with E-state index in [0.717, 1.165) is 6.07 Å². The second-order valence-electron chi connectivity index (χ2n) is 4.77. The Labute approximate surface area is 109 Å².